The predicted octanol–water partition coefficient (Wildman–Crippen LogP) is 6.43. The number of aromatic nitrogens is 4. The summed E-state index contributed by atoms with van der Waals surface area (Å²) < 4.78 is 77.3. The van der Waals surface area contributed by atoms with E-state index in [2.05, 4.69) is 61.7 Å². The fourth-order valence-corrected chi connectivity index (χ4v) is 9.55. The number of ether oxygens (including phenoxy) is 6. The first-order valence-electron chi connectivity index (χ1n) is 24.3. The molecule has 0 atom stereocenters. The Kier molecular flexibility index (Phi) is 21.6. The Morgan fingerprint density at radius 1 is 0.827 bits per heavy atom. The van der Waals surface area contributed by atoms with Crippen LogP contribution in [0.5, 0.6) is 5.75 Å². The first kappa shape index (κ1) is 56.6. The van der Waals surface area contributed by atoms with Crippen LogP contribution in [0, 0.1) is 17.1 Å². The maximum atomic E-state index is 14.2. The van der Waals surface area contributed by atoms with Gasteiger partial charge in [-0.1, -0.05) is 17.7 Å². The van der Waals surface area contributed by atoms with Crippen LogP contribution in [0.15, 0.2) is 88.4 Å². The first-order valence-corrected chi connectivity index (χ1v) is 26.9. The maximum Gasteiger partial charge on any atom is 0.272 e. The number of nitriles is 1. The van der Waals surface area contributed by atoms with Gasteiger partial charge in [0, 0.05) is 43.6 Å². The molecule has 6 N–H and O–H groups in total. The summed E-state index contributed by atoms with van der Waals surface area (Å²) in [5.41, 5.74) is 6.34. The van der Waals surface area contributed by atoms with Crippen LogP contribution in [0.4, 0.5) is 33.3 Å². The second-order valence-electron chi connectivity index (χ2n) is 17.2. The van der Waals surface area contributed by atoms with E-state index < -0.39 is 21.7 Å². The van der Waals surface area contributed by atoms with Crippen molar-refractivity contribution in [3.05, 3.63) is 111 Å². The van der Waals surface area contributed by atoms with Crippen LogP contribution >= 0.6 is 27.5 Å². The number of amides is 2. The molecular formula is C50H58BrClFN11O10S. The summed E-state index contributed by atoms with van der Waals surface area (Å²) in [6.07, 6.45) is 6.34. The lowest BCUT2D eigenvalue weighted by Gasteiger charge is -2.32. The third-order valence-electron chi connectivity index (χ3n) is 11.9. The second kappa shape index (κ2) is 28.7. The van der Waals surface area contributed by atoms with Crippen molar-refractivity contribution >= 4 is 78.3 Å². The van der Waals surface area contributed by atoms with Crippen molar-refractivity contribution in [2.75, 3.05) is 94.6 Å². The van der Waals surface area contributed by atoms with Crippen molar-refractivity contribution in [1.29, 1.82) is 5.26 Å². The highest BCUT2D eigenvalue weighted by atomic mass is 79.9. The summed E-state index contributed by atoms with van der Waals surface area (Å²) in [6, 6.07) is 20.6. The molecule has 25 heteroatoms. The number of piperidine rings is 1. The smallest absolute Gasteiger partial charge is 0.272 e. The highest BCUT2D eigenvalue weighted by Crippen LogP contribution is 2.30. The molecule has 3 aromatic carbocycles. The molecule has 400 valence electrons. The number of benzene rings is 3. The molecule has 2 amide bonds. The van der Waals surface area contributed by atoms with Crippen molar-refractivity contribution in [3.63, 3.8) is 0 Å². The van der Waals surface area contributed by atoms with E-state index in [1.54, 1.807) is 36.4 Å². The molecule has 75 heavy (non-hydrogen) atoms. The number of halogens is 3. The number of hydrogen-bond acceptors (Lipinski definition) is 18. The molecule has 1 aliphatic carbocycles. The average molecular weight is 1140 g/mol. The molecule has 2 aromatic heterocycles. The third kappa shape index (κ3) is 17.5. The minimum Gasteiger partial charge on any atom is -0.490 e. The lowest BCUT2D eigenvalue weighted by atomic mass is 9.93. The van der Waals surface area contributed by atoms with Crippen LogP contribution in [0.25, 0.3) is 0 Å². The monoisotopic (exact) mass is 1140 g/mol. The fourth-order valence-electron chi connectivity index (χ4n) is 8.04. The summed E-state index contributed by atoms with van der Waals surface area (Å²) >= 11 is 9.47. The van der Waals surface area contributed by atoms with E-state index in [-0.39, 0.29) is 77.5 Å². The zero-order valence-corrected chi connectivity index (χ0v) is 44.0. The van der Waals surface area contributed by atoms with Gasteiger partial charge in [-0.2, -0.15) is 10.2 Å². The Morgan fingerprint density at radius 2 is 1.51 bits per heavy atom. The third-order valence-corrected chi connectivity index (χ3v) is 14.3. The van der Waals surface area contributed by atoms with Crippen LogP contribution in [0.2, 0.25) is 5.02 Å². The number of primary amides is 1. The molecule has 2 fully saturated rings. The van der Waals surface area contributed by atoms with E-state index in [0.717, 1.165) is 63.5 Å². The van der Waals surface area contributed by atoms with Gasteiger partial charge in [0.1, 0.15) is 23.5 Å². The number of nitrogens with zero attached hydrogens (tertiary/aromatic N) is 6. The second-order valence-corrected chi connectivity index (χ2v) is 20.2. The molecule has 0 unspecified atom stereocenters. The average Bonchev–Trinajstić information content (AvgIpc) is 3.40. The number of carbonyl (C=O) groups excluding carboxylic acids is 2. The molecule has 21 nitrogen and oxygen atoms in total. The van der Waals surface area contributed by atoms with Crippen molar-refractivity contribution in [3.8, 4) is 11.8 Å². The van der Waals surface area contributed by atoms with Gasteiger partial charge in [0.05, 0.1) is 103 Å². The van der Waals surface area contributed by atoms with Gasteiger partial charge in [-0.05, 0) is 115 Å². The van der Waals surface area contributed by atoms with E-state index in [0.29, 0.717) is 72.7 Å². The fraction of sp³-hybridized carbons (Fsp3) is 0.420. The number of hydrogen-bond donors (Lipinski definition) is 5. The molecule has 1 saturated heterocycles. The van der Waals surface area contributed by atoms with Gasteiger partial charge in [-0.15, -0.1) is 10.2 Å². The Balaban J connectivity index is 0.657. The summed E-state index contributed by atoms with van der Waals surface area (Å²) in [4.78, 5) is 35.5. The molecule has 5 aromatic rings. The van der Waals surface area contributed by atoms with E-state index in [1.807, 2.05) is 12.1 Å². The Labute approximate surface area is 447 Å². The Morgan fingerprint density at radius 3 is 2.15 bits per heavy atom. The number of rotatable bonds is 28. The van der Waals surface area contributed by atoms with Gasteiger partial charge >= 0.3 is 0 Å². The SMILES string of the molecule is N#Cc1ccc(OC2CCC(NC(=O)c3ccc(N4CCC(OCCOCCOCCOCCOCCNS(=O)(=O)c5ccc(Nc6ncc(Br)c(Nc7cccc(F)c7C(N)=O)n6)cc5)CC4)nn3)CC2)cc1Cl. The normalized spacial score (nSPS) is 16.0. The quantitative estimate of drug-likeness (QED) is 0.0338. The number of carbonyl (C=O) groups is 2. The number of anilines is 5. The van der Waals surface area contributed by atoms with Crippen molar-refractivity contribution in [1.82, 2.24) is 30.2 Å². The van der Waals surface area contributed by atoms with E-state index in [4.69, 9.17) is 51.0 Å². The lowest BCUT2D eigenvalue weighted by Crippen LogP contribution is -2.40. The summed E-state index contributed by atoms with van der Waals surface area (Å²) in [5.74, 6) is -0.249. The summed E-state index contributed by atoms with van der Waals surface area (Å²) in [7, 11) is -3.82. The van der Waals surface area contributed by atoms with Crippen LogP contribution in [-0.4, -0.2) is 138 Å². The Bertz CT molecular complexity index is 2820. The molecule has 0 radical (unpaired) electrons. The lowest BCUT2D eigenvalue weighted by molar-refractivity contribution is -0.0267. The van der Waals surface area contributed by atoms with Crippen molar-refractivity contribution in [2.24, 2.45) is 5.73 Å². The van der Waals surface area contributed by atoms with Gasteiger partial charge in [0.2, 0.25) is 16.0 Å². The maximum absolute atomic E-state index is 14.2. The van der Waals surface area contributed by atoms with Crippen LogP contribution < -0.4 is 36.0 Å². The van der Waals surface area contributed by atoms with E-state index in [1.165, 1.54) is 30.5 Å². The summed E-state index contributed by atoms with van der Waals surface area (Å²) in [5, 5.41) is 27.0. The molecule has 0 bridgehead atoms. The van der Waals surface area contributed by atoms with Crippen molar-refractivity contribution in [2.45, 2.75) is 61.7 Å². The summed E-state index contributed by atoms with van der Waals surface area (Å²) in [6.45, 7) is 4.80. The molecule has 1 saturated carbocycles. The molecule has 7 rings (SSSR count). The minimum atomic E-state index is -3.82. The molecule has 2 aliphatic rings. The number of nitrogens with two attached hydrogens (primary N) is 1. The van der Waals surface area contributed by atoms with Crippen molar-refractivity contribution < 1.29 is 50.8 Å². The number of sulfonamides is 1. The van der Waals surface area contributed by atoms with Crippen LogP contribution in [0.1, 0.15) is 64.9 Å². The highest BCUT2D eigenvalue weighted by molar-refractivity contribution is 9.10. The topological polar surface area (TPSA) is 276 Å². The molecule has 3 heterocycles. The highest BCUT2D eigenvalue weighted by Gasteiger charge is 2.26. The largest absolute Gasteiger partial charge is 0.490 e. The number of nitrogens with one attached hydrogen (secondary N) is 4. The van der Waals surface area contributed by atoms with Gasteiger partial charge < -0.3 is 55.0 Å². The minimum absolute atomic E-state index is 0.00898. The first-order chi connectivity index (χ1) is 36.3. The predicted molar refractivity (Wildman–Crippen MR) is 280 cm³/mol. The molecular weight excluding hydrogens is 1080 g/mol. The van der Waals surface area contributed by atoms with Crippen LogP contribution in [0.3, 0.4) is 0 Å². The van der Waals surface area contributed by atoms with Gasteiger partial charge in [0.15, 0.2) is 11.5 Å². The zero-order valence-electron chi connectivity index (χ0n) is 40.9. The van der Waals surface area contributed by atoms with E-state index in [9.17, 15) is 22.4 Å². The standard InChI is InChI=1S/C50H58BrClFN11O10S/c51-40-32-56-50(61-48(40)60-43-3-1-2-42(53)46(43)47(55)65)59-35-7-12-39(13-8-35)75(67,68)57-18-21-69-22-23-70-24-25-71-26-27-72-28-29-73-36-16-19-64(20-17-36)45-15-14-44(62-63-45)49(66)58-34-5-10-37(11-6-34)74-38-9-4-33(31-54)41(52)30-38/h1-4,7-9,12-15,30,32,34,36-37,57H,5-6,10-11,16-29H2,(H2,55,65)(H,58,66)(H2,56,59,60,61). The Hall–Kier alpha value is -6.14. The van der Waals surface area contributed by atoms with Gasteiger partial charge in [-0.25, -0.2) is 22.5 Å². The van der Waals surface area contributed by atoms with E-state index >= 15 is 0 Å². The van der Waals surface area contributed by atoms with Gasteiger partial charge in [0.25, 0.3) is 11.8 Å². The van der Waals surface area contributed by atoms with Gasteiger partial charge in [-0.3, -0.25) is 9.59 Å². The molecule has 1 aliphatic heterocycles. The zero-order chi connectivity index (χ0) is 53.0. The molecule has 0 spiro atoms. The van der Waals surface area contributed by atoms with Crippen LogP contribution in [-0.2, 0) is 33.7 Å².